The van der Waals surface area contributed by atoms with E-state index in [0.29, 0.717) is 31.0 Å². The standard InChI is InChI=1S/C32H42N6O6/c1-31(2,3)43-29(39)38(30(40)44-32(4,5)6)13-9-12-37-20-21(18-34-37)28-19-33-26-11-10-22(16-27(26)36-28)35-23-14-24(41-7)17-25(15-23)42-8/h10-11,14-19,21,35H,9,12-13,20H2,1-8H3. The van der Waals surface area contributed by atoms with Crippen LogP contribution in [0.15, 0.2) is 47.7 Å². The van der Waals surface area contributed by atoms with E-state index in [2.05, 4.69) is 15.4 Å². The van der Waals surface area contributed by atoms with Crippen molar-refractivity contribution in [1.82, 2.24) is 19.9 Å². The van der Waals surface area contributed by atoms with Crippen molar-refractivity contribution in [1.29, 1.82) is 0 Å². The molecule has 236 valence electrons. The minimum absolute atomic E-state index is 0.0565. The zero-order valence-electron chi connectivity index (χ0n) is 26.7. The summed E-state index contributed by atoms with van der Waals surface area (Å²) in [6.45, 7) is 11.8. The fourth-order valence-electron chi connectivity index (χ4n) is 4.45. The number of hydrazone groups is 1. The normalized spacial score (nSPS) is 14.8. The zero-order valence-corrected chi connectivity index (χ0v) is 26.7. The molecule has 0 saturated heterocycles. The number of anilines is 2. The van der Waals surface area contributed by atoms with Crippen molar-refractivity contribution >= 4 is 40.8 Å². The third-order valence-electron chi connectivity index (χ3n) is 6.42. The molecule has 4 rings (SSSR count). The minimum atomic E-state index is -0.746. The average Bonchev–Trinajstić information content (AvgIpc) is 3.41. The van der Waals surface area contributed by atoms with Gasteiger partial charge in [0.15, 0.2) is 0 Å². The SMILES string of the molecule is COc1cc(Nc2ccc3ncc(C4C=NN(CCCN(C(=O)OC(C)(C)C)C(=O)OC(C)(C)C)C4)nc3c2)cc(OC)c1. The third-order valence-corrected chi connectivity index (χ3v) is 6.42. The lowest BCUT2D eigenvalue weighted by Gasteiger charge is -2.29. The molecule has 1 unspecified atom stereocenters. The zero-order chi connectivity index (χ0) is 32.1. The largest absolute Gasteiger partial charge is 0.497 e. The van der Waals surface area contributed by atoms with E-state index < -0.39 is 23.4 Å². The van der Waals surface area contributed by atoms with Gasteiger partial charge < -0.3 is 24.3 Å². The van der Waals surface area contributed by atoms with Gasteiger partial charge in [-0.05, 0) is 66.2 Å². The molecule has 0 aliphatic carbocycles. The van der Waals surface area contributed by atoms with E-state index in [1.807, 2.05) is 47.6 Å². The molecule has 2 aromatic carbocycles. The molecule has 0 radical (unpaired) electrons. The predicted molar refractivity (Wildman–Crippen MR) is 169 cm³/mol. The molecular formula is C32H42N6O6. The van der Waals surface area contributed by atoms with Crippen molar-refractivity contribution in [3.63, 3.8) is 0 Å². The van der Waals surface area contributed by atoms with Gasteiger partial charge in [-0.2, -0.15) is 5.10 Å². The molecule has 1 aromatic heterocycles. The summed E-state index contributed by atoms with van der Waals surface area (Å²) in [6, 6.07) is 11.4. The number of methoxy groups -OCH3 is 2. The maximum absolute atomic E-state index is 12.8. The van der Waals surface area contributed by atoms with Crippen molar-refractivity contribution < 1.29 is 28.5 Å². The lowest BCUT2D eigenvalue weighted by molar-refractivity contribution is 0.000892. The van der Waals surface area contributed by atoms with Gasteiger partial charge in [0.1, 0.15) is 22.7 Å². The number of nitrogens with one attached hydrogen (secondary N) is 1. The van der Waals surface area contributed by atoms with Gasteiger partial charge in [0.05, 0.1) is 36.9 Å². The molecule has 12 heteroatoms. The summed E-state index contributed by atoms with van der Waals surface area (Å²) in [6.07, 6.45) is 2.63. The molecule has 0 spiro atoms. The minimum Gasteiger partial charge on any atom is -0.497 e. The van der Waals surface area contributed by atoms with E-state index in [4.69, 9.17) is 23.9 Å². The summed E-state index contributed by atoms with van der Waals surface area (Å²) in [5.74, 6) is 1.31. The van der Waals surface area contributed by atoms with Gasteiger partial charge in [-0.3, -0.25) is 9.99 Å². The first-order valence-electron chi connectivity index (χ1n) is 14.5. The molecule has 3 aromatic rings. The van der Waals surface area contributed by atoms with Crippen molar-refractivity contribution in [3.05, 3.63) is 48.3 Å². The predicted octanol–water partition coefficient (Wildman–Crippen LogP) is 6.34. The highest BCUT2D eigenvalue weighted by Gasteiger charge is 2.31. The van der Waals surface area contributed by atoms with Crippen LogP contribution in [-0.2, 0) is 9.47 Å². The highest BCUT2D eigenvalue weighted by Crippen LogP contribution is 2.29. The number of imide groups is 1. The second-order valence-corrected chi connectivity index (χ2v) is 12.5. The molecule has 0 bridgehead atoms. The molecule has 1 atom stereocenters. The first kappa shape index (κ1) is 32.3. The van der Waals surface area contributed by atoms with Crippen LogP contribution in [0.1, 0.15) is 59.6 Å². The Morgan fingerprint density at radius 2 is 1.55 bits per heavy atom. The first-order chi connectivity index (χ1) is 20.7. The second-order valence-electron chi connectivity index (χ2n) is 12.5. The summed E-state index contributed by atoms with van der Waals surface area (Å²) in [4.78, 5) is 36.1. The second kappa shape index (κ2) is 13.4. The lowest BCUT2D eigenvalue weighted by Crippen LogP contribution is -2.44. The van der Waals surface area contributed by atoms with Gasteiger partial charge >= 0.3 is 12.2 Å². The fourth-order valence-corrected chi connectivity index (χ4v) is 4.45. The number of benzene rings is 2. The van der Waals surface area contributed by atoms with Crippen LogP contribution in [-0.4, -0.2) is 83.3 Å². The summed E-state index contributed by atoms with van der Waals surface area (Å²) in [5, 5.41) is 9.82. The van der Waals surface area contributed by atoms with Crippen LogP contribution in [0.2, 0.25) is 0 Å². The van der Waals surface area contributed by atoms with Crippen LogP contribution in [0.3, 0.4) is 0 Å². The summed E-state index contributed by atoms with van der Waals surface area (Å²) in [7, 11) is 3.23. The monoisotopic (exact) mass is 606 g/mol. The highest BCUT2D eigenvalue weighted by molar-refractivity contribution is 5.88. The Kier molecular flexibility index (Phi) is 9.81. The number of carbonyl (C=O) groups is 2. The Morgan fingerprint density at radius 1 is 0.909 bits per heavy atom. The number of hydrogen-bond donors (Lipinski definition) is 1. The number of rotatable bonds is 9. The van der Waals surface area contributed by atoms with Crippen LogP contribution in [0.5, 0.6) is 11.5 Å². The number of ether oxygens (including phenoxy) is 4. The van der Waals surface area contributed by atoms with E-state index in [1.54, 1.807) is 62.0 Å². The molecular weight excluding hydrogens is 564 g/mol. The highest BCUT2D eigenvalue weighted by atomic mass is 16.6. The van der Waals surface area contributed by atoms with Crippen LogP contribution in [0.4, 0.5) is 21.0 Å². The van der Waals surface area contributed by atoms with Crippen molar-refractivity contribution in [2.45, 2.75) is 65.1 Å². The van der Waals surface area contributed by atoms with Gasteiger partial charge in [-0.1, -0.05) is 0 Å². The van der Waals surface area contributed by atoms with Gasteiger partial charge in [-0.25, -0.2) is 19.5 Å². The quantitative estimate of drug-likeness (QED) is 0.295. The summed E-state index contributed by atoms with van der Waals surface area (Å²) < 4.78 is 21.6. The molecule has 1 aliphatic heterocycles. The number of amides is 2. The molecule has 0 fully saturated rings. The van der Waals surface area contributed by atoms with Crippen LogP contribution >= 0.6 is 0 Å². The van der Waals surface area contributed by atoms with Crippen molar-refractivity contribution in [3.8, 4) is 11.5 Å². The summed E-state index contributed by atoms with van der Waals surface area (Å²) >= 11 is 0. The molecule has 44 heavy (non-hydrogen) atoms. The Morgan fingerprint density at radius 3 is 2.14 bits per heavy atom. The number of fused-ring (bicyclic) bond motifs is 1. The number of nitrogens with zero attached hydrogens (tertiary/aromatic N) is 5. The topological polar surface area (TPSA) is 128 Å². The van der Waals surface area contributed by atoms with E-state index in [1.165, 1.54) is 0 Å². The number of carbonyl (C=O) groups excluding carboxylic acids is 2. The molecule has 2 heterocycles. The average molecular weight is 607 g/mol. The maximum Gasteiger partial charge on any atom is 0.419 e. The van der Waals surface area contributed by atoms with Crippen LogP contribution in [0, 0.1) is 0 Å². The molecule has 1 aliphatic rings. The number of hydrogen-bond acceptors (Lipinski definition) is 11. The number of aromatic nitrogens is 2. The van der Waals surface area contributed by atoms with Crippen LogP contribution in [0.25, 0.3) is 11.0 Å². The Bertz CT molecular complexity index is 1460. The van der Waals surface area contributed by atoms with Gasteiger partial charge in [0.2, 0.25) is 0 Å². The Labute approximate surface area is 258 Å². The van der Waals surface area contributed by atoms with Crippen LogP contribution < -0.4 is 14.8 Å². The smallest absolute Gasteiger partial charge is 0.419 e. The van der Waals surface area contributed by atoms with E-state index in [0.717, 1.165) is 33.0 Å². The first-order valence-corrected chi connectivity index (χ1v) is 14.5. The van der Waals surface area contributed by atoms with Gasteiger partial charge in [0.25, 0.3) is 0 Å². The summed E-state index contributed by atoms with van der Waals surface area (Å²) in [5.41, 5.74) is 2.50. The Balaban J connectivity index is 1.38. The van der Waals surface area contributed by atoms with E-state index in [-0.39, 0.29) is 12.5 Å². The molecule has 2 amide bonds. The molecule has 0 saturated carbocycles. The van der Waals surface area contributed by atoms with Crippen molar-refractivity contribution in [2.24, 2.45) is 5.10 Å². The molecule has 1 N–H and O–H groups in total. The van der Waals surface area contributed by atoms with E-state index in [9.17, 15) is 9.59 Å². The lowest BCUT2D eigenvalue weighted by atomic mass is 10.1. The van der Waals surface area contributed by atoms with Gasteiger partial charge in [-0.15, -0.1) is 0 Å². The van der Waals surface area contributed by atoms with Crippen molar-refractivity contribution in [2.75, 3.05) is 39.2 Å². The molecule has 12 nitrogen and oxygen atoms in total. The maximum atomic E-state index is 12.8. The van der Waals surface area contributed by atoms with E-state index >= 15 is 0 Å². The van der Waals surface area contributed by atoms with Gasteiger partial charge in [0, 0.05) is 61.6 Å². The third kappa shape index (κ3) is 8.95. The Hall–Kier alpha value is -4.61. The fraction of sp³-hybridized carbons (Fsp3) is 0.469.